The van der Waals surface area contributed by atoms with Gasteiger partial charge in [-0.05, 0) is 56.7 Å². The van der Waals surface area contributed by atoms with E-state index in [-0.39, 0.29) is 24.3 Å². The molecular weight excluding hydrogens is 498 g/mol. The Labute approximate surface area is 228 Å². The molecule has 3 heterocycles. The molecule has 0 aliphatic carbocycles. The van der Waals surface area contributed by atoms with Gasteiger partial charge in [-0.2, -0.15) is 0 Å². The Morgan fingerprint density at radius 3 is 2.39 bits per heavy atom. The van der Waals surface area contributed by atoms with Crippen molar-refractivity contribution in [1.29, 1.82) is 0 Å². The van der Waals surface area contributed by atoms with Gasteiger partial charge in [-0.15, -0.1) is 11.8 Å². The second kappa shape index (κ2) is 10.0. The van der Waals surface area contributed by atoms with Gasteiger partial charge in [-0.3, -0.25) is 14.4 Å². The molecule has 3 N–H and O–H groups in total. The molecule has 1 spiro atoms. The second-order valence-corrected chi connectivity index (χ2v) is 13.0. The molecule has 0 aromatic heterocycles. The van der Waals surface area contributed by atoms with E-state index in [0.717, 1.165) is 35.2 Å². The lowest BCUT2D eigenvalue weighted by molar-refractivity contribution is -0.142. The fourth-order valence-electron chi connectivity index (χ4n) is 6.99. The lowest BCUT2D eigenvalue weighted by atomic mass is 9.66. The highest BCUT2D eigenvalue weighted by Gasteiger charge is 2.77. The van der Waals surface area contributed by atoms with Crippen LogP contribution in [0.3, 0.4) is 0 Å². The minimum Gasteiger partial charge on any atom is -0.394 e. The molecule has 5 rings (SSSR count). The van der Waals surface area contributed by atoms with Crippen LogP contribution in [0.15, 0.2) is 48.5 Å². The minimum atomic E-state index is -0.827. The number of aliphatic hydroxyl groups excluding tert-OH is 1. The topological polar surface area (TPSA) is 98.7 Å². The van der Waals surface area contributed by atoms with Gasteiger partial charge in [0.25, 0.3) is 0 Å². The number of thioether (sulfide) groups is 1. The van der Waals surface area contributed by atoms with E-state index in [0.29, 0.717) is 13.0 Å². The van der Waals surface area contributed by atoms with E-state index in [4.69, 9.17) is 0 Å². The van der Waals surface area contributed by atoms with Gasteiger partial charge in [0.05, 0.1) is 29.2 Å². The summed E-state index contributed by atoms with van der Waals surface area (Å²) in [4.78, 5) is 43.8. The number of carbonyl (C=O) groups is 3. The van der Waals surface area contributed by atoms with Gasteiger partial charge in [0.15, 0.2) is 0 Å². The molecule has 3 aliphatic rings. The average Bonchev–Trinajstić information content (AvgIpc) is 3.47. The monoisotopic (exact) mass is 535 g/mol. The molecule has 3 fully saturated rings. The summed E-state index contributed by atoms with van der Waals surface area (Å²) in [7, 11) is 0. The van der Waals surface area contributed by atoms with Crippen molar-refractivity contribution in [2.45, 2.75) is 68.5 Å². The Morgan fingerprint density at radius 2 is 1.76 bits per heavy atom. The zero-order valence-electron chi connectivity index (χ0n) is 22.5. The van der Waals surface area contributed by atoms with Crippen LogP contribution in [0.1, 0.15) is 55.8 Å². The first kappa shape index (κ1) is 26.8. The zero-order valence-corrected chi connectivity index (χ0v) is 23.3. The highest BCUT2D eigenvalue weighted by Crippen LogP contribution is 2.72. The van der Waals surface area contributed by atoms with E-state index in [2.05, 4.69) is 17.6 Å². The first-order chi connectivity index (χ1) is 18.2. The Balaban J connectivity index is 1.61. The molecule has 0 saturated carbocycles. The van der Waals surface area contributed by atoms with Crippen LogP contribution >= 0.6 is 11.8 Å². The molecule has 7 nitrogen and oxygen atoms in total. The Morgan fingerprint density at radius 1 is 1.08 bits per heavy atom. The van der Waals surface area contributed by atoms with Crippen molar-refractivity contribution in [3.8, 4) is 0 Å². The summed E-state index contributed by atoms with van der Waals surface area (Å²) < 4.78 is -1.17. The third-order valence-corrected chi connectivity index (χ3v) is 10.7. The third kappa shape index (κ3) is 4.04. The van der Waals surface area contributed by atoms with Crippen LogP contribution in [-0.2, 0) is 14.4 Å². The normalized spacial score (nSPS) is 30.3. The molecular formula is C30H37N3O4S. The van der Waals surface area contributed by atoms with Crippen LogP contribution in [0.5, 0.6) is 0 Å². The van der Waals surface area contributed by atoms with Crippen molar-refractivity contribution in [2.24, 2.45) is 11.8 Å². The quantitative estimate of drug-likeness (QED) is 0.475. The number of hydrogen-bond acceptors (Lipinski definition) is 5. The number of rotatable bonds is 8. The maximum Gasteiger partial charge on any atom is 0.248 e. The fraction of sp³-hybridized carbons (Fsp3) is 0.500. The summed E-state index contributed by atoms with van der Waals surface area (Å²) in [5.41, 5.74) is 3.39. The van der Waals surface area contributed by atoms with Crippen LogP contribution in [0.4, 0.5) is 5.69 Å². The maximum absolute atomic E-state index is 14.4. The SMILES string of the molecule is CCCNC(=O)[C@H]1[C@H]2C(=O)N([C@H](CO)c3ccccc3)C(C(=O)Nc3c(C)cccc3C)C23CC[C@]1(C)S3. The smallest absolute Gasteiger partial charge is 0.248 e. The molecule has 3 aliphatic heterocycles. The second-order valence-electron chi connectivity index (χ2n) is 11.1. The minimum absolute atomic E-state index is 0.113. The standard InChI is InChI=1S/C30H37N3O4S/c1-5-16-31-26(35)22-23-28(37)33(21(17-34)20-12-7-6-8-13-20)25(30(23)15-14-29(22,4)38-30)27(36)32-24-18(2)10-9-11-19(24)3/h6-13,21-23,25,34H,5,14-17H2,1-4H3,(H,31,35)(H,32,36)/t21-,22-,23+,25?,29+,30?/m1/s1. The van der Waals surface area contributed by atoms with Gasteiger partial charge in [-0.1, -0.05) is 55.5 Å². The van der Waals surface area contributed by atoms with Crippen molar-refractivity contribution in [1.82, 2.24) is 10.2 Å². The average molecular weight is 536 g/mol. The highest BCUT2D eigenvalue weighted by molar-refractivity contribution is 8.02. The van der Waals surface area contributed by atoms with Gasteiger partial charge in [0, 0.05) is 17.0 Å². The molecule has 0 radical (unpaired) electrons. The number of hydrogen-bond donors (Lipinski definition) is 3. The van der Waals surface area contributed by atoms with Gasteiger partial charge >= 0.3 is 0 Å². The van der Waals surface area contributed by atoms with Crippen LogP contribution in [-0.4, -0.2) is 56.4 Å². The maximum atomic E-state index is 14.4. The third-order valence-electron chi connectivity index (χ3n) is 8.72. The number of carbonyl (C=O) groups excluding carboxylic acids is 3. The van der Waals surface area contributed by atoms with Crippen molar-refractivity contribution < 1.29 is 19.5 Å². The van der Waals surface area contributed by atoms with E-state index in [1.807, 2.05) is 69.3 Å². The fourth-order valence-corrected chi connectivity index (χ4v) is 9.33. The van der Waals surface area contributed by atoms with Crippen LogP contribution in [0.25, 0.3) is 0 Å². The van der Waals surface area contributed by atoms with Crippen molar-refractivity contribution in [3.05, 3.63) is 65.2 Å². The summed E-state index contributed by atoms with van der Waals surface area (Å²) in [6.45, 7) is 8.20. The number of nitrogens with one attached hydrogen (secondary N) is 2. The number of aryl methyl sites for hydroxylation is 2. The molecule has 3 amide bonds. The van der Waals surface area contributed by atoms with E-state index in [9.17, 15) is 19.5 Å². The van der Waals surface area contributed by atoms with Gasteiger partial charge in [-0.25, -0.2) is 0 Å². The number of aliphatic hydroxyl groups is 1. The molecule has 2 bridgehead atoms. The lowest BCUT2D eigenvalue weighted by Crippen LogP contribution is -2.53. The number of benzene rings is 2. The first-order valence-corrected chi connectivity index (χ1v) is 14.3. The summed E-state index contributed by atoms with van der Waals surface area (Å²) >= 11 is 1.64. The summed E-state index contributed by atoms with van der Waals surface area (Å²) in [5.74, 6) is -1.76. The number of anilines is 1. The van der Waals surface area contributed by atoms with Gasteiger partial charge in [0.2, 0.25) is 17.7 Å². The largest absolute Gasteiger partial charge is 0.394 e. The van der Waals surface area contributed by atoms with E-state index >= 15 is 0 Å². The zero-order chi connectivity index (χ0) is 27.2. The number of fused-ring (bicyclic) bond motifs is 1. The van der Waals surface area contributed by atoms with Crippen LogP contribution in [0.2, 0.25) is 0 Å². The molecule has 2 unspecified atom stereocenters. The highest BCUT2D eigenvalue weighted by atomic mass is 32.2. The molecule has 8 heteroatoms. The predicted octanol–water partition coefficient (Wildman–Crippen LogP) is 3.98. The Hall–Kier alpha value is -2.84. The summed E-state index contributed by atoms with van der Waals surface area (Å²) in [6, 6.07) is 13.7. The number of amides is 3. The molecule has 6 atom stereocenters. The van der Waals surface area contributed by atoms with Crippen molar-refractivity contribution in [3.63, 3.8) is 0 Å². The molecule has 38 heavy (non-hydrogen) atoms. The van der Waals surface area contributed by atoms with E-state index in [1.165, 1.54) is 0 Å². The number of para-hydroxylation sites is 1. The molecule has 202 valence electrons. The van der Waals surface area contributed by atoms with Gasteiger partial charge < -0.3 is 20.6 Å². The summed E-state index contributed by atoms with van der Waals surface area (Å²) in [5, 5.41) is 16.8. The van der Waals surface area contributed by atoms with E-state index < -0.39 is 33.4 Å². The first-order valence-electron chi connectivity index (χ1n) is 13.5. The van der Waals surface area contributed by atoms with Crippen molar-refractivity contribution >= 4 is 35.2 Å². The molecule has 3 saturated heterocycles. The van der Waals surface area contributed by atoms with Crippen LogP contribution in [0, 0.1) is 25.7 Å². The Bertz CT molecular complexity index is 1230. The van der Waals surface area contributed by atoms with E-state index in [1.54, 1.807) is 16.7 Å². The predicted molar refractivity (Wildman–Crippen MR) is 150 cm³/mol. The Kier molecular flexibility index (Phi) is 7.07. The number of likely N-dealkylation sites (tertiary alicyclic amines) is 1. The molecule has 2 aromatic carbocycles. The van der Waals surface area contributed by atoms with Gasteiger partial charge in [0.1, 0.15) is 6.04 Å². The lowest BCUT2D eigenvalue weighted by Gasteiger charge is -2.37. The summed E-state index contributed by atoms with van der Waals surface area (Å²) in [6.07, 6.45) is 2.22. The number of nitrogens with zero attached hydrogens (tertiary/aromatic N) is 1. The molecule has 2 aromatic rings. The van der Waals surface area contributed by atoms with Crippen molar-refractivity contribution in [2.75, 3.05) is 18.5 Å². The van der Waals surface area contributed by atoms with Crippen LogP contribution < -0.4 is 10.6 Å².